The van der Waals surface area contributed by atoms with Crippen molar-refractivity contribution < 1.29 is 0 Å². The molecule has 0 unspecified atom stereocenters. The Kier molecular flexibility index (Phi) is 4.61. The van der Waals surface area contributed by atoms with Crippen LogP contribution < -0.4 is 0 Å². The maximum Gasteiger partial charge on any atom is 0.226 e. The van der Waals surface area contributed by atoms with Crippen LogP contribution in [0.1, 0.15) is 5.56 Å². The minimum absolute atomic E-state index is 0.155. The van der Waals surface area contributed by atoms with E-state index in [2.05, 4.69) is 21.0 Å². The molecule has 0 saturated carbocycles. The van der Waals surface area contributed by atoms with Gasteiger partial charge in [0.1, 0.15) is 0 Å². The van der Waals surface area contributed by atoms with Crippen molar-refractivity contribution in [2.24, 2.45) is 0 Å². The van der Waals surface area contributed by atoms with Crippen LogP contribution in [0.5, 0.6) is 0 Å². The quantitative estimate of drug-likeness (QED) is 0.486. The van der Waals surface area contributed by atoms with Crippen LogP contribution in [0.3, 0.4) is 0 Å². The average molecular weight is 369 g/mol. The van der Waals surface area contributed by atoms with Gasteiger partial charge in [0, 0.05) is 11.1 Å². The van der Waals surface area contributed by atoms with Crippen LogP contribution in [-0.4, -0.2) is 15.0 Å². The molecule has 0 atom stereocenters. The second-order valence-electron chi connectivity index (χ2n) is 5.89. The molecule has 27 heavy (non-hydrogen) atoms. The van der Waals surface area contributed by atoms with Crippen molar-refractivity contribution in [1.82, 2.24) is 15.0 Å². The van der Waals surface area contributed by atoms with Gasteiger partial charge in [-0.2, -0.15) is 15.2 Å². The van der Waals surface area contributed by atoms with Crippen LogP contribution in [0.4, 0.5) is 0 Å². The third-order valence-electron chi connectivity index (χ3n) is 4.11. The molecule has 0 bridgehead atoms. The van der Waals surface area contributed by atoms with Crippen molar-refractivity contribution in [2.75, 3.05) is 0 Å². The highest BCUT2D eigenvalue weighted by Gasteiger charge is 2.10. The minimum atomic E-state index is 0.155. The first-order valence-electron chi connectivity index (χ1n) is 8.31. The summed E-state index contributed by atoms with van der Waals surface area (Å²) in [6.07, 6.45) is 0. The molecule has 4 nitrogen and oxygen atoms in total. The topological polar surface area (TPSA) is 62.5 Å². The summed E-state index contributed by atoms with van der Waals surface area (Å²) in [4.78, 5) is 13.1. The Morgan fingerprint density at radius 3 is 1.96 bits per heavy atom. The predicted octanol–water partition coefficient (Wildman–Crippen LogP) is 5.40. The third-order valence-corrected chi connectivity index (χ3v) is 4.28. The fourth-order valence-electron chi connectivity index (χ4n) is 2.77. The molecule has 0 saturated heterocycles. The van der Waals surface area contributed by atoms with Crippen LogP contribution >= 0.6 is 11.6 Å². The molecule has 0 amide bonds. The van der Waals surface area contributed by atoms with E-state index in [9.17, 15) is 0 Å². The summed E-state index contributed by atoms with van der Waals surface area (Å²) in [7, 11) is 0. The Labute approximate surface area is 161 Å². The van der Waals surface area contributed by atoms with Gasteiger partial charge >= 0.3 is 0 Å². The molecular formula is C22H13ClN4. The summed E-state index contributed by atoms with van der Waals surface area (Å²) in [5, 5.41) is 9.11. The Morgan fingerprint density at radius 1 is 0.630 bits per heavy atom. The summed E-state index contributed by atoms with van der Waals surface area (Å²) in [6, 6.07) is 27.1. The number of aromatic nitrogens is 3. The second kappa shape index (κ2) is 7.36. The lowest BCUT2D eigenvalue weighted by molar-refractivity contribution is 1.07. The van der Waals surface area contributed by atoms with Crippen LogP contribution in [0, 0.1) is 11.3 Å². The van der Waals surface area contributed by atoms with Crippen LogP contribution in [0.25, 0.3) is 33.9 Å². The van der Waals surface area contributed by atoms with Gasteiger partial charge in [-0.05, 0) is 40.9 Å². The van der Waals surface area contributed by atoms with E-state index < -0.39 is 0 Å². The molecule has 0 aliphatic carbocycles. The number of rotatable bonds is 3. The van der Waals surface area contributed by atoms with E-state index in [1.165, 1.54) is 0 Å². The third kappa shape index (κ3) is 3.69. The molecular weight excluding hydrogens is 356 g/mol. The lowest BCUT2D eigenvalue weighted by atomic mass is 10.0. The largest absolute Gasteiger partial charge is 0.226 e. The molecule has 128 valence electrons. The number of nitriles is 1. The van der Waals surface area contributed by atoms with Crippen LogP contribution in [-0.2, 0) is 0 Å². The maximum atomic E-state index is 8.95. The number of halogens is 1. The van der Waals surface area contributed by atoms with E-state index in [0.717, 1.165) is 22.3 Å². The van der Waals surface area contributed by atoms with E-state index in [4.69, 9.17) is 16.9 Å². The predicted molar refractivity (Wildman–Crippen MR) is 106 cm³/mol. The van der Waals surface area contributed by atoms with Gasteiger partial charge in [0.2, 0.25) is 5.28 Å². The zero-order valence-electron chi connectivity index (χ0n) is 14.2. The number of nitrogens with zero attached hydrogens (tertiary/aromatic N) is 4. The van der Waals surface area contributed by atoms with E-state index in [1.54, 1.807) is 12.1 Å². The molecule has 0 aliphatic heterocycles. The lowest BCUT2D eigenvalue weighted by Gasteiger charge is -2.07. The summed E-state index contributed by atoms with van der Waals surface area (Å²) in [5.74, 6) is 1.05. The zero-order chi connectivity index (χ0) is 18.6. The van der Waals surface area contributed by atoms with E-state index in [-0.39, 0.29) is 5.28 Å². The Bertz CT molecular complexity index is 1130. The first-order valence-corrected chi connectivity index (χ1v) is 8.69. The van der Waals surface area contributed by atoms with Gasteiger partial charge in [-0.15, -0.1) is 0 Å². The van der Waals surface area contributed by atoms with Crippen LogP contribution in [0.2, 0.25) is 5.28 Å². The molecule has 3 aromatic carbocycles. The van der Waals surface area contributed by atoms with Crippen molar-refractivity contribution in [2.45, 2.75) is 0 Å². The van der Waals surface area contributed by atoms with Crippen molar-refractivity contribution in [3.05, 3.63) is 89.7 Å². The SMILES string of the molecule is N#Cc1ccc(-c2cccc(-c3nc(Cl)nc(-c4ccccc4)n3)c2)cc1. The number of hydrogen-bond donors (Lipinski definition) is 0. The van der Waals surface area contributed by atoms with E-state index in [0.29, 0.717) is 17.2 Å². The van der Waals surface area contributed by atoms with Crippen molar-refractivity contribution in [3.8, 4) is 40.0 Å². The summed E-state index contributed by atoms with van der Waals surface area (Å²) in [6.45, 7) is 0. The molecule has 5 heteroatoms. The second-order valence-corrected chi connectivity index (χ2v) is 6.23. The molecule has 4 rings (SSSR count). The van der Waals surface area contributed by atoms with E-state index in [1.807, 2.05) is 66.7 Å². The van der Waals surface area contributed by atoms with Gasteiger partial charge in [-0.25, -0.2) is 4.98 Å². The van der Waals surface area contributed by atoms with Gasteiger partial charge < -0.3 is 0 Å². The van der Waals surface area contributed by atoms with Crippen LogP contribution in [0.15, 0.2) is 78.9 Å². The summed E-state index contributed by atoms with van der Waals surface area (Å²) >= 11 is 6.15. The monoisotopic (exact) mass is 368 g/mol. The molecule has 0 fully saturated rings. The summed E-state index contributed by atoms with van der Waals surface area (Å²) < 4.78 is 0. The highest BCUT2D eigenvalue weighted by molar-refractivity contribution is 6.28. The summed E-state index contributed by atoms with van der Waals surface area (Å²) in [5.41, 5.74) is 4.38. The highest BCUT2D eigenvalue weighted by Crippen LogP contribution is 2.26. The molecule has 1 aromatic heterocycles. The molecule has 0 aliphatic rings. The van der Waals surface area contributed by atoms with Crippen molar-refractivity contribution >= 4 is 11.6 Å². The fraction of sp³-hybridized carbons (Fsp3) is 0. The van der Waals surface area contributed by atoms with Gasteiger partial charge in [0.25, 0.3) is 0 Å². The zero-order valence-corrected chi connectivity index (χ0v) is 14.9. The Hall–Kier alpha value is -3.55. The van der Waals surface area contributed by atoms with Gasteiger partial charge in [-0.3, -0.25) is 0 Å². The number of hydrogen-bond acceptors (Lipinski definition) is 4. The molecule has 1 heterocycles. The normalized spacial score (nSPS) is 10.4. The molecule has 0 spiro atoms. The van der Waals surface area contributed by atoms with Crippen molar-refractivity contribution in [1.29, 1.82) is 5.26 Å². The van der Waals surface area contributed by atoms with Gasteiger partial charge in [0.15, 0.2) is 11.6 Å². The fourth-order valence-corrected chi connectivity index (χ4v) is 2.93. The maximum absolute atomic E-state index is 8.95. The van der Waals surface area contributed by atoms with E-state index >= 15 is 0 Å². The Balaban J connectivity index is 1.76. The standard InChI is InChI=1S/C22H13ClN4/c23-22-26-20(17-5-2-1-3-6-17)25-21(27-22)19-8-4-7-18(13-19)16-11-9-15(14-24)10-12-16/h1-13H. The first kappa shape index (κ1) is 16.9. The van der Waals surface area contributed by atoms with Gasteiger partial charge in [0.05, 0.1) is 11.6 Å². The molecule has 0 N–H and O–H groups in total. The Morgan fingerprint density at radius 2 is 1.26 bits per heavy atom. The van der Waals surface area contributed by atoms with Gasteiger partial charge in [-0.1, -0.05) is 60.7 Å². The lowest BCUT2D eigenvalue weighted by Crippen LogP contribution is -1.97. The number of benzene rings is 3. The average Bonchev–Trinajstić information content (AvgIpc) is 2.74. The highest BCUT2D eigenvalue weighted by atomic mass is 35.5. The smallest absolute Gasteiger partial charge is 0.208 e. The minimum Gasteiger partial charge on any atom is -0.208 e. The first-order chi connectivity index (χ1) is 13.2. The molecule has 4 aromatic rings. The molecule has 0 radical (unpaired) electrons. The van der Waals surface area contributed by atoms with Crippen molar-refractivity contribution in [3.63, 3.8) is 0 Å².